The first-order valence-corrected chi connectivity index (χ1v) is 9.99. The summed E-state index contributed by atoms with van der Waals surface area (Å²) in [4.78, 5) is 29.3. The molecule has 0 radical (unpaired) electrons. The van der Waals surface area contributed by atoms with E-state index < -0.39 is 0 Å². The number of benzene rings is 2. The van der Waals surface area contributed by atoms with Crippen LogP contribution in [0.2, 0.25) is 0 Å². The molecule has 156 valence electrons. The first-order valence-electron chi connectivity index (χ1n) is 9.99. The molecule has 0 bridgehead atoms. The summed E-state index contributed by atoms with van der Waals surface area (Å²) >= 11 is 0. The molecule has 4 rings (SSSR count). The summed E-state index contributed by atoms with van der Waals surface area (Å²) in [6.45, 7) is 1.09. The van der Waals surface area contributed by atoms with Crippen LogP contribution in [0.15, 0.2) is 48.5 Å². The summed E-state index contributed by atoms with van der Waals surface area (Å²) in [6, 6.07) is 13.2. The Labute approximate surface area is 173 Å². The Balaban J connectivity index is 1.45. The van der Waals surface area contributed by atoms with Gasteiger partial charge in [-0.25, -0.2) is 9.37 Å². The smallest absolute Gasteiger partial charge is 0.249 e. The van der Waals surface area contributed by atoms with Gasteiger partial charge in [0, 0.05) is 25.3 Å². The molecule has 1 fully saturated rings. The minimum absolute atomic E-state index is 0.0624. The van der Waals surface area contributed by atoms with Crippen molar-refractivity contribution in [2.45, 2.75) is 31.9 Å². The predicted octanol–water partition coefficient (Wildman–Crippen LogP) is 2.65. The van der Waals surface area contributed by atoms with E-state index >= 15 is 0 Å². The molecule has 0 aliphatic carbocycles. The second-order valence-electron chi connectivity index (χ2n) is 7.20. The van der Waals surface area contributed by atoms with Gasteiger partial charge in [0.25, 0.3) is 0 Å². The van der Waals surface area contributed by atoms with Gasteiger partial charge in [0.2, 0.25) is 11.8 Å². The van der Waals surface area contributed by atoms with Crippen LogP contribution in [0.25, 0.3) is 11.0 Å². The first kappa shape index (κ1) is 20.0. The number of rotatable bonds is 7. The van der Waals surface area contributed by atoms with Crippen LogP contribution < -0.4 is 10.6 Å². The lowest BCUT2D eigenvalue weighted by Crippen LogP contribution is -2.35. The SMILES string of the molecule is O=C(Cn1c(CCNC(=O)C2CCCO2)nc2ccccc21)Nc1ccc(F)cc1. The Morgan fingerprint density at radius 1 is 1.17 bits per heavy atom. The quantitative estimate of drug-likeness (QED) is 0.627. The van der Waals surface area contributed by atoms with Crippen LogP contribution in [-0.2, 0) is 27.3 Å². The molecule has 3 aromatic rings. The number of halogens is 1. The van der Waals surface area contributed by atoms with E-state index in [0.29, 0.717) is 31.1 Å². The number of nitrogens with zero attached hydrogens (tertiary/aromatic N) is 2. The Kier molecular flexibility index (Phi) is 6.04. The van der Waals surface area contributed by atoms with Crippen molar-refractivity contribution in [2.75, 3.05) is 18.5 Å². The third kappa shape index (κ3) is 4.65. The maximum absolute atomic E-state index is 13.1. The van der Waals surface area contributed by atoms with Crippen LogP contribution in [0.5, 0.6) is 0 Å². The lowest BCUT2D eigenvalue weighted by atomic mass is 10.2. The summed E-state index contributed by atoms with van der Waals surface area (Å²) in [5.41, 5.74) is 2.15. The Morgan fingerprint density at radius 3 is 2.73 bits per heavy atom. The number of carbonyl (C=O) groups excluding carboxylic acids is 2. The first-order chi connectivity index (χ1) is 14.6. The molecule has 1 atom stereocenters. The van der Waals surface area contributed by atoms with Gasteiger partial charge < -0.3 is 19.9 Å². The highest BCUT2D eigenvalue weighted by Gasteiger charge is 2.23. The number of ether oxygens (including phenoxy) is 1. The van der Waals surface area contributed by atoms with Gasteiger partial charge in [0.15, 0.2) is 0 Å². The van der Waals surface area contributed by atoms with Gasteiger partial charge in [-0.1, -0.05) is 12.1 Å². The third-order valence-corrected chi connectivity index (χ3v) is 5.03. The maximum Gasteiger partial charge on any atom is 0.249 e. The Hall–Kier alpha value is -3.26. The van der Waals surface area contributed by atoms with E-state index in [9.17, 15) is 14.0 Å². The maximum atomic E-state index is 13.1. The molecule has 1 aromatic heterocycles. The fraction of sp³-hybridized carbons (Fsp3) is 0.318. The average molecular weight is 410 g/mol. The van der Waals surface area contributed by atoms with Gasteiger partial charge in [-0.15, -0.1) is 0 Å². The lowest BCUT2D eigenvalue weighted by Gasteiger charge is -2.12. The topological polar surface area (TPSA) is 85.2 Å². The van der Waals surface area contributed by atoms with E-state index in [1.54, 1.807) is 0 Å². The van der Waals surface area contributed by atoms with E-state index in [-0.39, 0.29) is 30.3 Å². The zero-order valence-electron chi connectivity index (χ0n) is 16.4. The Bertz CT molecular complexity index is 1040. The molecule has 1 aliphatic heterocycles. The van der Waals surface area contributed by atoms with Gasteiger partial charge in [0.1, 0.15) is 24.3 Å². The van der Waals surface area contributed by atoms with Gasteiger partial charge >= 0.3 is 0 Å². The van der Waals surface area contributed by atoms with E-state index in [2.05, 4.69) is 15.6 Å². The van der Waals surface area contributed by atoms with E-state index in [1.165, 1.54) is 24.3 Å². The number of nitrogens with one attached hydrogen (secondary N) is 2. The summed E-state index contributed by atoms with van der Waals surface area (Å²) in [5.74, 6) is -0.00217. The lowest BCUT2D eigenvalue weighted by molar-refractivity contribution is -0.130. The van der Waals surface area contributed by atoms with Crippen LogP contribution in [0, 0.1) is 5.82 Å². The molecule has 0 saturated carbocycles. The van der Waals surface area contributed by atoms with Crippen molar-refractivity contribution in [1.82, 2.24) is 14.9 Å². The standard InChI is InChI=1S/C22H23FN4O3/c23-15-7-9-16(10-8-15)25-21(28)14-27-18-5-2-1-4-17(18)26-20(27)11-12-24-22(29)19-6-3-13-30-19/h1-2,4-5,7-10,19H,3,6,11-14H2,(H,24,29)(H,25,28). The van der Waals surface area contributed by atoms with Crippen molar-refractivity contribution in [3.63, 3.8) is 0 Å². The third-order valence-electron chi connectivity index (χ3n) is 5.03. The van der Waals surface area contributed by atoms with Crippen molar-refractivity contribution >= 4 is 28.5 Å². The predicted molar refractivity (Wildman–Crippen MR) is 110 cm³/mol. The van der Waals surface area contributed by atoms with Gasteiger partial charge in [-0.2, -0.15) is 0 Å². The number of aromatic nitrogens is 2. The molecule has 7 nitrogen and oxygen atoms in total. The minimum atomic E-state index is -0.370. The molecule has 2 N–H and O–H groups in total. The monoisotopic (exact) mass is 410 g/mol. The summed E-state index contributed by atoms with van der Waals surface area (Å²) in [7, 11) is 0. The fourth-order valence-corrected chi connectivity index (χ4v) is 3.57. The van der Waals surface area contributed by atoms with Gasteiger partial charge in [-0.05, 0) is 49.2 Å². The van der Waals surface area contributed by atoms with Crippen LogP contribution >= 0.6 is 0 Å². The normalized spacial score (nSPS) is 16.0. The molecule has 1 aliphatic rings. The average Bonchev–Trinajstić information content (AvgIpc) is 3.39. The number of imidazole rings is 1. The van der Waals surface area contributed by atoms with Crippen LogP contribution in [0.1, 0.15) is 18.7 Å². The molecule has 30 heavy (non-hydrogen) atoms. The van der Waals surface area contributed by atoms with Crippen LogP contribution in [0.3, 0.4) is 0 Å². The second kappa shape index (κ2) is 9.04. The largest absolute Gasteiger partial charge is 0.368 e. The number of anilines is 1. The van der Waals surface area contributed by atoms with Gasteiger partial charge in [-0.3, -0.25) is 9.59 Å². The molecule has 1 saturated heterocycles. The molecular formula is C22H23FN4O3. The molecule has 0 spiro atoms. The van der Waals surface area contributed by atoms with Crippen molar-refractivity contribution in [3.8, 4) is 0 Å². The molecule has 2 heterocycles. The minimum Gasteiger partial charge on any atom is -0.368 e. The molecule has 8 heteroatoms. The van der Waals surface area contributed by atoms with Gasteiger partial charge in [0.05, 0.1) is 11.0 Å². The zero-order valence-corrected chi connectivity index (χ0v) is 16.4. The van der Waals surface area contributed by atoms with E-state index in [1.807, 2.05) is 28.8 Å². The zero-order chi connectivity index (χ0) is 20.9. The number of carbonyl (C=O) groups is 2. The molecule has 2 amide bonds. The fourth-order valence-electron chi connectivity index (χ4n) is 3.57. The summed E-state index contributed by atoms with van der Waals surface area (Å²) in [5, 5.41) is 5.66. The van der Waals surface area contributed by atoms with Crippen molar-refractivity contribution in [2.24, 2.45) is 0 Å². The van der Waals surface area contributed by atoms with Crippen LogP contribution in [-0.4, -0.2) is 40.6 Å². The van der Waals surface area contributed by atoms with Crippen molar-refractivity contribution in [1.29, 1.82) is 0 Å². The summed E-state index contributed by atoms with van der Waals surface area (Å²) < 4.78 is 20.3. The highest BCUT2D eigenvalue weighted by molar-refractivity contribution is 5.91. The van der Waals surface area contributed by atoms with Crippen molar-refractivity contribution < 1.29 is 18.7 Å². The second-order valence-corrected chi connectivity index (χ2v) is 7.20. The number of para-hydroxylation sites is 2. The highest BCUT2D eigenvalue weighted by Crippen LogP contribution is 2.17. The number of hydrogen-bond donors (Lipinski definition) is 2. The van der Waals surface area contributed by atoms with E-state index in [0.717, 1.165) is 23.9 Å². The number of fused-ring (bicyclic) bond motifs is 1. The number of hydrogen-bond acceptors (Lipinski definition) is 4. The number of amides is 2. The summed E-state index contributed by atoms with van der Waals surface area (Å²) in [6.07, 6.45) is 1.76. The molecular weight excluding hydrogens is 387 g/mol. The highest BCUT2D eigenvalue weighted by atomic mass is 19.1. The molecule has 2 aromatic carbocycles. The van der Waals surface area contributed by atoms with Crippen LogP contribution in [0.4, 0.5) is 10.1 Å². The van der Waals surface area contributed by atoms with E-state index in [4.69, 9.17) is 4.74 Å². The Morgan fingerprint density at radius 2 is 1.97 bits per heavy atom. The van der Waals surface area contributed by atoms with Crippen molar-refractivity contribution in [3.05, 3.63) is 60.2 Å². The molecule has 1 unspecified atom stereocenters.